The third kappa shape index (κ3) is 6.03. The van der Waals surface area contributed by atoms with Crippen LogP contribution in [0.15, 0.2) is 29.6 Å². The maximum Gasteiger partial charge on any atom is 0.325 e. The highest BCUT2D eigenvalue weighted by molar-refractivity contribution is 7.14. The van der Waals surface area contributed by atoms with E-state index in [0.29, 0.717) is 36.2 Å². The van der Waals surface area contributed by atoms with E-state index in [1.54, 1.807) is 17.2 Å². The molecule has 1 fully saturated rings. The number of nitrogens with one attached hydrogen (secondary N) is 2. The highest BCUT2D eigenvalue weighted by atomic mass is 32.1. The summed E-state index contributed by atoms with van der Waals surface area (Å²) in [5.74, 6) is -0.583. The maximum absolute atomic E-state index is 12.6. The van der Waals surface area contributed by atoms with Crippen molar-refractivity contribution in [3.63, 3.8) is 0 Å². The number of carbonyl (C=O) groups is 3. The quantitative estimate of drug-likeness (QED) is 0.684. The van der Waals surface area contributed by atoms with Gasteiger partial charge in [0, 0.05) is 24.2 Å². The van der Waals surface area contributed by atoms with Gasteiger partial charge in [0.1, 0.15) is 0 Å². The summed E-state index contributed by atoms with van der Waals surface area (Å²) in [5.41, 5.74) is 2.39. The zero-order chi connectivity index (χ0) is 21.5. The summed E-state index contributed by atoms with van der Waals surface area (Å²) in [7, 11) is 0. The lowest BCUT2D eigenvalue weighted by Gasteiger charge is -2.31. The van der Waals surface area contributed by atoms with Crippen molar-refractivity contribution in [1.29, 1.82) is 0 Å². The number of aromatic nitrogens is 1. The monoisotopic (exact) mass is 430 g/mol. The highest BCUT2D eigenvalue weighted by Crippen LogP contribution is 2.21. The molecule has 1 saturated heterocycles. The SMILES string of the molecule is CCOC(=O)[C@H]1CCCN(C(=O)Cc2csc(NC(=O)Nc3ccc(C)cc3)n2)C1. The number of piperidine rings is 1. The average molecular weight is 431 g/mol. The number of anilines is 2. The molecule has 2 heterocycles. The molecule has 9 heteroatoms. The van der Waals surface area contributed by atoms with Crippen molar-refractivity contribution in [1.82, 2.24) is 9.88 Å². The number of hydrogen-bond acceptors (Lipinski definition) is 6. The van der Waals surface area contributed by atoms with E-state index in [1.807, 2.05) is 31.2 Å². The number of rotatable bonds is 6. The first kappa shape index (κ1) is 21.8. The molecule has 1 aliphatic heterocycles. The van der Waals surface area contributed by atoms with E-state index >= 15 is 0 Å². The van der Waals surface area contributed by atoms with Crippen LogP contribution in [0.4, 0.5) is 15.6 Å². The van der Waals surface area contributed by atoms with Gasteiger partial charge in [0.2, 0.25) is 5.91 Å². The van der Waals surface area contributed by atoms with Crippen molar-refractivity contribution in [3.05, 3.63) is 40.9 Å². The lowest BCUT2D eigenvalue weighted by molar-refractivity contribution is -0.151. The lowest BCUT2D eigenvalue weighted by Crippen LogP contribution is -2.43. The van der Waals surface area contributed by atoms with Crippen LogP contribution < -0.4 is 10.6 Å². The molecule has 0 spiro atoms. The van der Waals surface area contributed by atoms with Crippen LogP contribution in [0.1, 0.15) is 31.0 Å². The third-order valence-electron chi connectivity index (χ3n) is 4.81. The number of aryl methyl sites for hydroxylation is 1. The fourth-order valence-electron chi connectivity index (χ4n) is 3.26. The summed E-state index contributed by atoms with van der Waals surface area (Å²) in [6.45, 7) is 5.10. The minimum Gasteiger partial charge on any atom is -0.466 e. The predicted molar refractivity (Wildman–Crippen MR) is 116 cm³/mol. The molecule has 3 rings (SSSR count). The topological polar surface area (TPSA) is 101 Å². The van der Waals surface area contributed by atoms with Crippen LogP contribution in [0.5, 0.6) is 0 Å². The first-order valence-electron chi connectivity index (χ1n) is 9.98. The van der Waals surface area contributed by atoms with Gasteiger partial charge < -0.3 is 15.0 Å². The van der Waals surface area contributed by atoms with Gasteiger partial charge in [0.25, 0.3) is 0 Å². The summed E-state index contributed by atoms with van der Waals surface area (Å²) in [6, 6.07) is 7.08. The Bertz CT molecular complexity index is 897. The summed E-state index contributed by atoms with van der Waals surface area (Å²) >= 11 is 1.26. The van der Waals surface area contributed by atoms with Crippen molar-refractivity contribution in [2.75, 3.05) is 30.3 Å². The Labute approximate surface area is 179 Å². The van der Waals surface area contributed by atoms with Gasteiger partial charge in [0.15, 0.2) is 5.13 Å². The molecule has 0 unspecified atom stereocenters. The van der Waals surface area contributed by atoms with E-state index in [4.69, 9.17) is 4.74 Å². The van der Waals surface area contributed by atoms with Crippen molar-refractivity contribution in [3.8, 4) is 0 Å². The van der Waals surface area contributed by atoms with E-state index < -0.39 is 0 Å². The molecule has 160 valence electrons. The number of esters is 1. The van der Waals surface area contributed by atoms with Gasteiger partial charge in [-0.2, -0.15) is 0 Å². The van der Waals surface area contributed by atoms with Gasteiger partial charge in [-0.1, -0.05) is 17.7 Å². The van der Waals surface area contributed by atoms with Gasteiger partial charge >= 0.3 is 12.0 Å². The second-order valence-electron chi connectivity index (χ2n) is 7.20. The number of nitrogens with zero attached hydrogens (tertiary/aromatic N) is 2. The number of likely N-dealkylation sites (tertiary alicyclic amines) is 1. The summed E-state index contributed by atoms with van der Waals surface area (Å²) in [4.78, 5) is 42.7. The lowest BCUT2D eigenvalue weighted by atomic mass is 9.98. The molecule has 0 bridgehead atoms. The van der Waals surface area contributed by atoms with E-state index in [1.165, 1.54) is 11.3 Å². The number of hydrogen-bond donors (Lipinski definition) is 2. The molecule has 0 saturated carbocycles. The van der Waals surface area contributed by atoms with Crippen LogP contribution in [0.3, 0.4) is 0 Å². The molecule has 1 aliphatic rings. The van der Waals surface area contributed by atoms with Crippen LogP contribution in [0.25, 0.3) is 0 Å². The molecule has 2 aromatic rings. The second kappa shape index (κ2) is 10.2. The Hall–Kier alpha value is -2.94. The number of ether oxygens (including phenoxy) is 1. The van der Waals surface area contributed by atoms with Crippen LogP contribution in [-0.4, -0.2) is 47.5 Å². The first-order valence-corrected chi connectivity index (χ1v) is 10.9. The number of carbonyl (C=O) groups excluding carboxylic acids is 3. The van der Waals surface area contributed by atoms with Gasteiger partial charge in [0.05, 0.1) is 24.6 Å². The molecule has 3 amide bonds. The molecule has 1 aromatic heterocycles. The minimum atomic E-state index is -0.389. The molecule has 1 atom stereocenters. The van der Waals surface area contributed by atoms with Gasteiger partial charge in [-0.25, -0.2) is 9.78 Å². The fourth-order valence-corrected chi connectivity index (χ4v) is 3.97. The molecule has 8 nitrogen and oxygen atoms in total. The Kier molecular flexibility index (Phi) is 7.40. The van der Waals surface area contributed by atoms with Crippen molar-refractivity contribution >= 4 is 40.1 Å². The molecule has 2 N–H and O–H groups in total. The highest BCUT2D eigenvalue weighted by Gasteiger charge is 2.29. The number of urea groups is 1. The Morgan fingerprint density at radius 1 is 1.23 bits per heavy atom. The van der Waals surface area contributed by atoms with Gasteiger partial charge in [-0.3, -0.25) is 14.9 Å². The maximum atomic E-state index is 12.6. The zero-order valence-corrected chi connectivity index (χ0v) is 18.0. The van der Waals surface area contributed by atoms with E-state index in [0.717, 1.165) is 18.4 Å². The smallest absolute Gasteiger partial charge is 0.325 e. The van der Waals surface area contributed by atoms with E-state index in [9.17, 15) is 14.4 Å². The van der Waals surface area contributed by atoms with E-state index in [2.05, 4.69) is 15.6 Å². The molecule has 0 radical (unpaired) electrons. The molecule has 0 aliphatic carbocycles. The average Bonchev–Trinajstić information content (AvgIpc) is 3.16. The van der Waals surface area contributed by atoms with Crippen molar-refractivity contribution < 1.29 is 19.1 Å². The van der Waals surface area contributed by atoms with Crippen LogP contribution in [-0.2, 0) is 20.7 Å². The van der Waals surface area contributed by atoms with Crippen LogP contribution in [0.2, 0.25) is 0 Å². The predicted octanol–water partition coefficient (Wildman–Crippen LogP) is 3.44. The number of benzene rings is 1. The van der Waals surface area contributed by atoms with Gasteiger partial charge in [-0.05, 0) is 38.8 Å². The van der Waals surface area contributed by atoms with E-state index in [-0.39, 0.29) is 30.2 Å². The Balaban J connectivity index is 1.50. The Morgan fingerprint density at radius 3 is 2.73 bits per heavy atom. The first-order chi connectivity index (χ1) is 14.4. The third-order valence-corrected chi connectivity index (χ3v) is 5.61. The number of amides is 3. The molecule has 1 aromatic carbocycles. The van der Waals surface area contributed by atoms with Crippen LogP contribution in [0, 0.1) is 12.8 Å². The molecular formula is C21H26N4O4S. The van der Waals surface area contributed by atoms with Gasteiger partial charge in [-0.15, -0.1) is 11.3 Å². The van der Waals surface area contributed by atoms with Crippen molar-refractivity contribution in [2.24, 2.45) is 5.92 Å². The molecule has 30 heavy (non-hydrogen) atoms. The fraction of sp³-hybridized carbons (Fsp3) is 0.429. The summed E-state index contributed by atoms with van der Waals surface area (Å²) < 4.78 is 5.08. The summed E-state index contributed by atoms with van der Waals surface area (Å²) in [6.07, 6.45) is 1.65. The minimum absolute atomic E-state index is 0.0787. The number of thiazole rings is 1. The summed E-state index contributed by atoms with van der Waals surface area (Å²) in [5, 5.41) is 7.61. The van der Waals surface area contributed by atoms with Crippen LogP contribution >= 0.6 is 11.3 Å². The largest absolute Gasteiger partial charge is 0.466 e. The molecular weight excluding hydrogens is 404 g/mol. The standard InChI is InChI=1S/C21H26N4O4S/c1-3-29-19(27)15-5-4-10-25(12-15)18(26)11-17-13-30-21(23-17)24-20(28)22-16-8-6-14(2)7-9-16/h6-9,13,15H,3-5,10-12H2,1-2H3,(H2,22,23,24,28)/t15-/m0/s1. The normalized spacial score (nSPS) is 16.1. The van der Waals surface area contributed by atoms with Crippen molar-refractivity contribution in [2.45, 2.75) is 33.1 Å². The Morgan fingerprint density at radius 2 is 2.00 bits per heavy atom. The zero-order valence-electron chi connectivity index (χ0n) is 17.1. The second-order valence-corrected chi connectivity index (χ2v) is 8.05.